The Morgan fingerprint density at radius 1 is 1.60 bits per heavy atom. The fraction of sp³-hybridized carbons (Fsp3) is 0.556. The molecule has 3 nitrogen and oxygen atoms in total. The molecular formula is C9H9F3O3. The fourth-order valence-corrected chi connectivity index (χ4v) is 1.11. The first-order valence-electron chi connectivity index (χ1n) is 4.17. The van der Waals surface area contributed by atoms with E-state index in [-0.39, 0.29) is 5.57 Å². The highest BCUT2D eigenvalue weighted by Gasteiger charge is 2.66. The average molecular weight is 222 g/mol. The van der Waals surface area contributed by atoms with Crippen LogP contribution in [0.1, 0.15) is 6.92 Å². The average Bonchev–Trinajstić information content (AvgIpc) is 2.16. The van der Waals surface area contributed by atoms with E-state index >= 15 is 0 Å². The van der Waals surface area contributed by atoms with Gasteiger partial charge in [-0.3, -0.25) is 4.79 Å². The Balaban J connectivity index is 2.51. The Morgan fingerprint density at radius 3 is 2.53 bits per heavy atom. The fourth-order valence-electron chi connectivity index (χ4n) is 1.11. The normalized spacial score (nSPS) is 28.1. The minimum atomic E-state index is -3.73. The predicted molar refractivity (Wildman–Crippen MR) is 44.1 cm³/mol. The predicted octanol–water partition coefficient (Wildman–Crippen LogP) is 1.28. The van der Waals surface area contributed by atoms with Gasteiger partial charge in [-0.1, -0.05) is 6.58 Å². The topological polar surface area (TPSA) is 43.4 Å². The van der Waals surface area contributed by atoms with Crippen LogP contribution in [0.3, 0.4) is 0 Å². The summed E-state index contributed by atoms with van der Waals surface area (Å²) < 4.78 is 42.4. The molecule has 1 rings (SSSR count). The van der Waals surface area contributed by atoms with Crippen molar-refractivity contribution in [1.82, 2.24) is 0 Å². The largest absolute Gasteiger partial charge is 0.462 e. The number of esters is 1. The minimum absolute atomic E-state index is 0.0272. The lowest BCUT2D eigenvalue weighted by Gasteiger charge is -2.36. The Hall–Kier alpha value is -1.33. The van der Waals surface area contributed by atoms with E-state index in [0.29, 0.717) is 0 Å². The second-order valence-electron chi connectivity index (χ2n) is 3.37. The first kappa shape index (κ1) is 11.7. The van der Waals surface area contributed by atoms with Crippen LogP contribution < -0.4 is 0 Å². The third kappa shape index (κ3) is 1.88. The van der Waals surface area contributed by atoms with Crippen molar-refractivity contribution in [3.63, 3.8) is 0 Å². The Kier molecular flexibility index (Phi) is 2.88. The Morgan fingerprint density at radius 2 is 2.13 bits per heavy atom. The zero-order valence-corrected chi connectivity index (χ0v) is 7.93. The van der Waals surface area contributed by atoms with Gasteiger partial charge in [-0.25, -0.2) is 9.18 Å². The van der Waals surface area contributed by atoms with E-state index in [0.717, 1.165) is 0 Å². The maximum Gasteiger partial charge on any atom is 0.333 e. The molecule has 0 aromatic carbocycles. The number of ether oxygens (including phenoxy) is 1. The Bertz CT molecular complexity index is 325. The molecule has 84 valence electrons. The number of carbonyl (C=O) groups excluding carboxylic acids is 2. The molecule has 2 unspecified atom stereocenters. The third-order valence-electron chi connectivity index (χ3n) is 2.14. The maximum absolute atomic E-state index is 12.7. The minimum Gasteiger partial charge on any atom is -0.462 e. The van der Waals surface area contributed by atoms with Crippen molar-refractivity contribution in [3.8, 4) is 0 Å². The summed E-state index contributed by atoms with van der Waals surface area (Å²) in [6, 6.07) is 0. The van der Waals surface area contributed by atoms with Crippen molar-refractivity contribution >= 4 is 11.8 Å². The number of Topliss-reactive ketones (excluding diaryl/α,β-unsaturated/α-hetero) is 1. The monoisotopic (exact) mass is 222 g/mol. The van der Waals surface area contributed by atoms with Crippen LogP contribution in [-0.2, 0) is 14.3 Å². The molecule has 0 amide bonds. The van der Waals surface area contributed by atoms with Crippen LogP contribution in [0.5, 0.6) is 0 Å². The van der Waals surface area contributed by atoms with Crippen LogP contribution in [0.25, 0.3) is 0 Å². The molecule has 0 bridgehead atoms. The molecule has 0 heterocycles. The van der Waals surface area contributed by atoms with Crippen molar-refractivity contribution in [3.05, 3.63) is 12.2 Å². The van der Waals surface area contributed by atoms with E-state index in [1.807, 2.05) is 0 Å². The van der Waals surface area contributed by atoms with Gasteiger partial charge in [0.1, 0.15) is 12.5 Å². The summed E-state index contributed by atoms with van der Waals surface area (Å²) in [7, 11) is 0. The van der Waals surface area contributed by atoms with Gasteiger partial charge in [-0.05, 0) is 6.92 Å². The highest BCUT2D eigenvalue weighted by Crippen LogP contribution is 2.42. The van der Waals surface area contributed by atoms with Crippen molar-refractivity contribution < 1.29 is 27.5 Å². The van der Waals surface area contributed by atoms with Gasteiger partial charge in [0, 0.05) is 5.57 Å². The van der Waals surface area contributed by atoms with Gasteiger partial charge in [0.25, 0.3) is 0 Å². The third-order valence-corrected chi connectivity index (χ3v) is 2.14. The van der Waals surface area contributed by atoms with E-state index < -0.39 is 36.4 Å². The number of alkyl halides is 3. The molecule has 1 fully saturated rings. The van der Waals surface area contributed by atoms with Crippen LogP contribution >= 0.6 is 0 Å². The van der Waals surface area contributed by atoms with Gasteiger partial charge < -0.3 is 4.74 Å². The smallest absolute Gasteiger partial charge is 0.333 e. The van der Waals surface area contributed by atoms with Gasteiger partial charge in [0.05, 0.1) is 0 Å². The second-order valence-corrected chi connectivity index (χ2v) is 3.37. The molecule has 6 heteroatoms. The summed E-state index contributed by atoms with van der Waals surface area (Å²) in [6.45, 7) is 3.74. The van der Waals surface area contributed by atoms with Gasteiger partial charge in [-0.15, -0.1) is 0 Å². The van der Waals surface area contributed by atoms with Crippen molar-refractivity contribution in [2.45, 2.75) is 19.0 Å². The molecule has 1 saturated carbocycles. The van der Waals surface area contributed by atoms with Crippen molar-refractivity contribution in [2.75, 3.05) is 6.61 Å². The van der Waals surface area contributed by atoms with Gasteiger partial charge in [-0.2, -0.15) is 8.78 Å². The summed E-state index contributed by atoms with van der Waals surface area (Å²) >= 11 is 0. The summed E-state index contributed by atoms with van der Waals surface area (Å²) in [5, 5.41) is 0. The lowest BCUT2D eigenvalue weighted by Crippen LogP contribution is -2.61. The van der Waals surface area contributed by atoms with E-state index in [2.05, 4.69) is 11.3 Å². The van der Waals surface area contributed by atoms with Gasteiger partial charge in [0.2, 0.25) is 5.78 Å². The zero-order valence-electron chi connectivity index (χ0n) is 7.93. The lowest BCUT2D eigenvalue weighted by molar-refractivity contribution is -0.200. The first-order valence-corrected chi connectivity index (χ1v) is 4.17. The lowest BCUT2D eigenvalue weighted by atomic mass is 9.78. The van der Waals surface area contributed by atoms with Crippen molar-refractivity contribution in [2.24, 2.45) is 5.92 Å². The van der Waals surface area contributed by atoms with Gasteiger partial charge >= 0.3 is 11.9 Å². The molecule has 15 heavy (non-hydrogen) atoms. The van der Waals surface area contributed by atoms with Gasteiger partial charge in [0.15, 0.2) is 6.17 Å². The highest BCUT2D eigenvalue weighted by molar-refractivity contribution is 5.97. The highest BCUT2D eigenvalue weighted by atomic mass is 19.3. The van der Waals surface area contributed by atoms with Crippen LogP contribution in [0, 0.1) is 5.92 Å². The first-order chi connectivity index (χ1) is 6.78. The van der Waals surface area contributed by atoms with Crippen molar-refractivity contribution in [1.29, 1.82) is 0 Å². The van der Waals surface area contributed by atoms with E-state index in [9.17, 15) is 22.8 Å². The number of carbonyl (C=O) groups is 2. The standard InChI is InChI=1S/C9H9F3O3/c1-4(2)8(14)15-3-5-6(10)7(13)9(5,11)12/h5-6H,1,3H2,2H3. The van der Waals surface area contributed by atoms with Crippen LogP contribution in [0.15, 0.2) is 12.2 Å². The maximum atomic E-state index is 12.7. The van der Waals surface area contributed by atoms with E-state index in [1.54, 1.807) is 0 Å². The molecule has 0 aromatic heterocycles. The number of hydrogen-bond acceptors (Lipinski definition) is 3. The molecule has 0 radical (unpaired) electrons. The quantitative estimate of drug-likeness (QED) is 0.533. The molecule has 0 saturated heterocycles. The molecular weight excluding hydrogens is 213 g/mol. The van der Waals surface area contributed by atoms with E-state index in [4.69, 9.17) is 0 Å². The summed E-state index contributed by atoms with van der Waals surface area (Å²) in [6.07, 6.45) is -2.25. The Labute approximate surface area is 83.9 Å². The molecule has 1 aliphatic rings. The molecule has 0 aromatic rings. The zero-order chi connectivity index (χ0) is 11.8. The second kappa shape index (κ2) is 3.67. The molecule has 0 N–H and O–H groups in total. The molecule has 2 atom stereocenters. The summed E-state index contributed by atoms with van der Waals surface area (Å²) in [4.78, 5) is 21.2. The van der Waals surface area contributed by atoms with Crippen LogP contribution in [0.2, 0.25) is 0 Å². The van der Waals surface area contributed by atoms with E-state index in [1.165, 1.54) is 6.92 Å². The summed E-state index contributed by atoms with van der Waals surface area (Å²) in [5.41, 5.74) is 0.0272. The number of ketones is 1. The summed E-state index contributed by atoms with van der Waals surface area (Å²) in [5.74, 6) is -8.22. The number of hydrogen-bond donors (Lipinski definition) is 0. The van der Waals surface area contributed by atoms with Crippen LogP contribution in [0.4, 0.5) is 13.2 Å². The van der Waals surface area contributed by atoms with Crippen LogP contribution in [-0.4, -0.2) is 30.5 Å². The molecule has 0 aliphatic heterocycles. The number of halogens is 3. The molecule has 0 spiro atoms. The molecule has 1 aliphatic carbocycles. The SMILES string of the molecule is C=C(C)C(=O)OCC1C(F)C(=O)C1(F)F. The number of rotatable bonds is 3.